The van der Waals surface area contributed by atoms with Crippen molar-refractivity contribution in [2.45, 2.75) is 44.7 Å². The van der Waals surface area contributed by atoms with E-state index in [0.717, 1.165) is 24.7 Å². The number of benzene rings is 1. The maximum Gasteiger partial charge on any atom is 0.224 e. The van der Waals surface area contributed by atoms with Crippen molar-refractivity contribution in [2.24, 2.45) is 0 Å². The summed E-state index contributed by atoms with van der Waals surface area (Å²) in [4.78, 5) is 11.8. The van der Waals surface area contributed by atoms with Crippen molar-refractivity contribution < 1.29 is 0 Å². The van der Waals surface area contributed by atoms with E-state index in [2.05, 4.69) is 52.5 Å². The molecule has 2 aromatic rings. The van der Waals surface area contributed by atoms with Gasteiger partial charge in [-0.2, -0.15) is 4.98 Å². The Kier molecular flexibility index (Phi) is 3.25. The molecule has 0 unspecified atom stereocenters. The quantitative estimate of drug-likeness (QED) is 0.942. The van der Waals surface area contributed by atoms with Gasteiger partial charge in [-0.25, -0.2) is 4.98 Å². The van der Waals surface area contributed by atoms with Crippen LogP contribution in [0.5, 0.6) is 0 Å². The van der Waals surface area contributed by atoms with Gasteiger partial charge in [0.1, 0.15) is 5.82 Å². The molecule has 4 rings (SSSR count). The van der Waals surface area contributed by atoms with Gasteiger partial charge >= 0.3 is 0 Å². The molecule has 4 nitrogen and oxygen atoms in total. The lowest BCUT2D eigenvalue weighted by Crippen LogP contribution is -2.39. The van der Waals surface area contributed by atoms with Crippen molar-refractivity contribution in [1.29, 1.82) is 0 Å². The summed E-state index contributed by atoms with van der Waals surface area (Å²) in [5.74, 6) is 2.44. The van der Waals surface area contributed by atoms with Gasteiger partial charge in [-0.15, -0.1) is 0 Å². The molecule has 1 aliphatic heterocycles. The highest BCUT2D eigenvalue weighted by Crippen LogP contribution is 2.40. The molecule has 0 amide bonds. The summed E-state index contributed by atoms with van der Waals surface area (Å²) in [6, 6.07) is 11.4. The molecule has 1 N–H and O–H groups in total. The van der Waals surface area contributed by atoms with E-state index >= 15 is 0 Å². The number of fused-ring (bicyclic) bond motifs is 1. The lowest BCUT2D eigenvalue weighted by atomic mass is 9.95. The zero-order chi connectivity index (χ0) is 15.1. The third-order valence-electron chi connectivity index (χ3n) is 4.75. The molecule has 1 aromatic carbocycles. The fourth-order valence-corrected chi connectivity index (χ4v) is 3.29. The van der Waals surface area contributed by atoms with Gasteiger partial charge in [0.25, 0.3) is 0 Å². The van der Waals surface area contributed by atoms with Crippen molar-refractivity contribution in [3.05, 3.63) is 47.2 Å². The fraction of sp³-hybridized carbons (Fsp3) is 0.444. The van der Waals surface area contributed by atoms with Crippen LogP contribution in [0.3, 0.4) is 0 Å². The maximum atomic E-state index is 4.71. The highest BCUT2D eigenvalue weighted by molar-refractivity contribution is 5.50. The molecule has 1 atom stereocenters. The van der Waals surface area contributed by atoms with Crippen molar-refractivity contribution >= 4 is 11.8 Å². The highest BCUT2D eigenvalue weighted by atomic mass is 15.2. The first kappa shape index (κ1) is 13.6. The predicted molar refractivity (Wildman–Crippen MR) is 89.3 cm³/mol. The smallest absolute Gasteiger partial charge is 0.224 e. The number of aromatic nitrogens is 2. The van der Waals surface area contributed by atoms with Gasteiger partial charge in [0.05, 0.1) is 5.69 Å². The van der Waals surface area contributed by atoms with E-state index in [9.17, 15) is 0 Å². The van der Waals surface area contributed by atoms with Crippen LogP contribution in [0.25, 0.3) is 0 Å². The zero-order valence-corrected chi connectivity index (χ0v) is 13.2. The zero-order valence-electron chi connectivity index (χ0n) is 13.2. The molecule has 1 aromatic heterocycles. The van der Waals surface area contributed by atoms with Gasteiger partial charge in [0.15, 0.2) is 0 Å². The van der Waals surface area contributed by atoms with E-state index in [0.29, 0.717) is 12.0 Å². The summed E-state index contributed by atoms with van der Waals surface area (Å²) in [7, 11) is 1.89. The number of hydrogen-bond acceptors (Lipinski definition) is 4. The predicted octanol–water partition coefficient (Wildman–Crippen LogP) is 3.35. The molecule has 1 saturated carbocycles. The minimum absolute atomic E-state index is 0.460. The van der Waals surface area contributed by atoms with Gasteiger partial charge in [0, 0.05) is 31.6 Å². The van der Waals surface area contributed by atoms with Crippen LogP contribution in [0.4, 0.5) is 11.8 Å². The van der Waals surface area contributed by atoms with E-state index in [1.807, 2.05) is 7.05 Å². The van der Waals surface area contributed by atoms with Gasteiger partial charge in [-0.05, 0) is 37.3 Å². The van der Waals surface area contributed by atoms with Crippen LogP contribution in [0.15, 0.2) is 30.3 Å². The molecular formula is C18H22N4. The molecule has 2 heterocycles. The Morgan fingerprint density at radius 2 is 1.91 bits per heavy atom. The summed E-state index contributed by atoms with van der Waals surface area (Å²) >= 11 is 0. The Morgan fingerprint density at radius 3 is 2.64 bits per heavy atom. The molecule has 0 spiro atoms. The van der Waals surface area contributed by atoms with Crippen molar-refractivity contribution in [1.82, 2.24) is 9.97 Å². The molecule has 1 fully saturated rings. The standard InChI is InChI=1S/C18H22N4/c1-12-9-14-5-3-4-6-15(14)11-22(12)17-10-16(13-7-8-13)20-18(19-2)21-17/h3-6,10,12-13H,7-9,11H2,1-2H3,(H,19,20,21)/t12-/m0/s1. The van der Waals surface area contributed by atoms with Crippen molar-refractivity contribution in [2.75, 3.05) is 17.3 Å². The Bertz CT molecular complexity index is 693. The van der Waals surface area contributed by atoms with E-state index in [-0.39, 0.29) is 0 Å². The van der Waals surface area contributed by atoms with Gasteiger partial charge in [-0.1, -0.05) is 24.3 Å². The summed E-state index contributed by atoms with van der Waals surface area (Å²) in [5.41, 5.74) is 4.08. The molecule has 0 bridgehead atoms. The second-order valence-corrected chi connectivity index (χ2v) is 6.45. The third kappa shape index (κ3) is 2.43. The summed E-state index contributed by atoms with van der Waals surface area (Å²) in [6.07, 6.45) is 3.60. The van der Waals surface area contributed by atoms with Crippen LogP contribution in [0, 0.1) is 0 Å². The summed E-state index contributed by atoms with van der Waals surface area (Å²) in [6.45, 7) is 3.22. The molecule has 0 radical (unpaired) electrons. The normalized spacial score (nSPS) is 20.6. The number of rotatable bonds is 3. The number of hydrogen-bond donors (Lipinski definition) is 1. The number of anilines is 2. The minimum atomic E-state index is 0.460. The van der Waals surface area contributed by atoms with E-state index in [1.54, 1.807) is 0 Å². The molecule has 0 saturated heterocycles. The van der Waals surface area contributed by atoms with E-state index < -0.39 is 0 Å². The van der Waals surface area contributed by atoms with Crippen LogP contribution in [0.1, 0.15) is 42.5 Å². The first-order valence-corrected chi connectivity index (χ1v) is 8.15. The SMILES string of the molecule is CNc1nc(C2CC2)cc(N2Cc3ccccc3C[C@@H]2C)n1. The third-order valence-corrected chi connectivity index (χ3v) is 4.75. The lowest BCUT2D eigenvalue weighted by Gasteiger charge is -2.36. The first-order valence-electron chi connectivity index (χ1n) is 8.15. The molecule has 2 aliphatic rings. The maximum absolute atomic E-state index is 4.71. The monoisotopic (exact) mass is 294 g/mol. The Hall–Kier alpha value is -2.10. The second-order valence-electron chi connectivity index (χ2n) is 6.45. The molecule has 1 aliphatic carbocycles. The average molecular weight is 294 g/mol. The Balaban J connectivity index is 1.70. The molecule has 114 valence electrons. The van der Waals surface area contributed by atoms with E-state index in [4.69, 9.17) is 4.98 Å². The molecular weight excluding hydrogens is 272 g/mol. The largest absolute Gasteiger partial charge is 0.357 e. The highest BCUT2D eigenvalue weighted by Gasteiger charge is 2.29. The topological polar surface area (TPSA) is 41.1 Å². The van der Waals surface area contributed by atoms with Crippen LogP contribution in [-0.4, -0.2) is 23.1 Å². The van der Waals surface area contributed by atoms with Crippen LogP contribution >= 0.6 is 0 Å². The Labute approximate surface area is 131 Å². The van der Waals surface area contributed by atoms with Gasteiger partial charge in [0.2, 0.25) is 5.95 Å². The Morgan fingerprint density at radius 1 is 1.14 bits per heavy atom. The minimum Gasteiger partial charge on any atom is -0.357 e. The van der Waals surface area contributed by atoms with E-state index in [1.165, 1.54) is 29.7 Å². The first-order chi connectivity index (χ1) is 10.7. The van der Waals surface area contributed by atoms with Crippen LogP contribution < -0.4 is 10.2 Å². The van der Waals surface area contributed by atoms with Crippen LogP contribution in [0.2, 0.25) is 0 Å². The molecule has 22 heavy (non-hydrogen) atoms. The van der Waals surface area contributed by atoms with Crippen LogP contribution in [-0.2, 0) is 13.0 Å². The van der Waals surface area contributed by atoms with Crippen molar-refractivity contribution in [3.8, 4) is 0 Å². The van der Waals surface area contributed by atoms with Crippen molar-refractivity contribution in [3.63, 3.8) is 0 Å². The summed E-state index contributed by atoms with van der Waals surface area (Å²) < 4.78 is 0. The van der Waals surface area contributed by atoms with Gasteiger partial charge in [-0.3, -0.25) is 0 Å². The average Bonchev–Trinajstić information content (AvgIpc) is 3.38. The number of nitrogens with zero attached hydrogens (tertiary/aromatic N) is 3. The van der Waals surface area contributed by atoms with Gasteiger partial charge < -0.3 is 10.2 Å². The second kappa shape index (κ2) is 5.27. The molecule has 4 heteroatoms. The fourth-order valence-electron chi connectivity index (χ4n) is 3.29. The summed E-state index contributed by atoms with van der Waals surface area (Å²) in [5, 5.41) is 3.11. The number of nitrogens with one attached hydrogen (secondary N) is 1. The lowest BCUT2D eigenvalue weighted by molar-refractivity contribution is 0.586.